The summed E-state index contributed by atoms with van der Waals surface area (Å²) in [6.07, 6.45) is -3.50. The van der Waals surface area contributed by atoms with Crippen LogP contribution in [0.4, 0.5) is 24.5 Å². The lowest BCUT2D eigenvalue weighted by molar-refractivity contribution is -0.136. The molecule has 32 heavy (non-hydrogen) atoms. The molecule has 2 aromatic heterocycles. The largest absolute Gasteiger partial charge is 0.459 e. The molecule has 8 nitrogen and oxygen atoms in total. The Balaban J connectivity index is 1.59. The summed E-state index contributed by atoms with van der Waals surface area (Å²) >= 11 is 0. The molecule has 0 aliphatic heterocycles. The number of carbonyl (C=O) groups is 2. The maximum atomic E-state index is 13.6. The lowest BCUT2D eigenvalue weighted by Gasteiger charge is -2.16. The summed E-state index contributed by atoms with van der Waals surface area (Å²) in [5.41, 5.74) is -0.376. The van der Waals surface area contributed by atoms with Crippen molar-refractivity contribution in [2.45, 2.75) is 19.6 Å². The number of hydrogen-bond acceptors (Lipinski definition) is 5. The molecular formula is C21H16F3N5O3. The number of alkyl halides is 3. The molecule has 0 spiro atoms. The minimum atomic E-state index is -4.78. The van der Waals surface area contributed by atoms with Crippen molar-refractivity contribution in [3.63, 3.8) is 0 Å². The van der Waals surface area contributed by atoms with Crippen molar-refractivity contribution in [2.75, 3.05) is 10.6 Å². The summed E-state index contributed by atoms with van der Waals surface area (Å²) in [5, 5.41) is 12.5. The number of rotatable bonds is 5. The van der Waals surface area contributed by atoms with E-state index in [1.54, 1.807) is 10.7 Å². The van der Waals surface area contributed by atoms with Gasteiger partial charge in [-0.05, 0) is 55.5 Å². The van der Waals surface area contributed by atoms with Crippen LogP contribution in [0, 0.1) is 0 Å². The number of nitrogens with one attached hydrogen (secondary N) is 2. The average Bonchev–Trinajstić information content (AvgIpc) is 3.43. The van der Waals surface area contributed by atoms with E-state index in [9.17, 15) is 22.8 Å². The van der Waals surface area contributed by atoms with E-state index in [-0.39, 0.29) is 17.0 Å². The smallest absolute Gasteiger partial charge is 0.418 e. The van der Waals surface area contributed by atoms with Crippen molar-refractivity contribution in [2.24, 2.45) is 0 Å². The van der Waals surface area contributed by atoms with Gasteiger partial charge in [0.25, 0.3) is 11.8 Å². The summed E-state index contributed by atoms with van der Waals surface area (Å²) < 4.78 is 47.5. The molecule has 0 fully saturated rings. The van der Waals surface area contributed by atoms with Gasteiger partial charge in [0.2, 0.25) is 0 Å². The third-order valence-electron chi connectivity index (χ3n) is 4.65. The molecule has 0 saturated carbocycles. The van der Waals surface area contributed by atoms with E-state index in [2.05, 4.69) is 20.9 Å². The van der Waals surface area contributed by atoms with E-state index in [4.69, 9.17) is 4.42 Å². The molecule has 0 saturated heterocycles. The first kappa shape index (κ1) is 21.1. The van der Waals surface area contributed by atoms with Crippen LogP contribution >= 0.6 is 0 Å². The standard InChI is InChI=1S/C21H16F3N5O3/c1-2-29-17-8-5-12(10-16(17)27-28-29)19(30)26-15-7-6-13(11-14(15)21(22,23)24)25-20(31)18-4-3-9-32-18/h3-11H,2H2,1H3,(H,25,31)(H,26,30). The molecule has 0 aliphatic carbocycles. The van der Waals surface area contributed by atoms with Gasteiger partial charge in [0, 0.05) is 17.8 Å². The van der Waals surface area contributed by atoms with Crippen molar-refractivity contribution in [1.29, 1.82) is 0 Å². The van der Waals surface area contributed by atoms with Gasteiger partial charge in [-0.15, -0.1) is 5.10 Å². The van der Waals surface area contributed by atoms with Crippen molar-refractivity contribution < 1.29 is 27.2 Å². The molecule has 2 heterocycles. The molecule has 0 unspecified atom stereocenters. The maximum Gasteiger partial charge on any atom is 0.418 e. The molecule has 4 aromatic rings. The molecule has 0 radical (unpaired) electrons. The molecule has 2 aromatic carbocycles. The number of benzene rings is 2. The van der Waals surface area contributed by atoms with Crippen LogP contribution in [0.2, 0.25) is 0 Å². The molecule has 0 atom stereocenters. The molecule has 2 N–H and O–H groups in total. The van der Waals surface area contributed by atoms with E-state index in [1.165, 1.54) is 36.6 Å². The van der Waals surface area contributed by atoms with E-state index in [0.29, 0.717) is 17.6 Å². The molecule has 164 valence electrons. The Labute approximate surface area is 179 Å². The Hall–Kier alpha value is -4.15. The molecular weight excluding hydrogens is 427 g/mol. The van der Waals surface area contributed by atoms with Crippen molar-refractivity contribution in [3.8, 4) is 0 Å². The van der Waals surface area contributed by atoms with Crippen molar-refractivity contribution >= 4 is 34.2 Å². The Morgan fingerprint density at radius 2 is 1.88 bits per heavy atom. The minimum Gasteiger partial charge on any atom is -0.459 e. The van der Waals surface area contributed by atoms with Gasteiger partial charge < -0.3 is 15.1 Å². The van der Waals surface area contributed by atoms with Gasteiger partial charge in [-0.3, -0.25) is 9.59 Å². The van der Waals surface area contributed by atoms with Crippen LogP contribution in [0.15, 0.2) is 59.2 Å². The number of nitrogens with zero attached hydrogens (tertiary/aromatic N) is 3. The van der Waals surface area contributed by atoms with Gasteiger partial charge in [0.05, 0.1) is 23.0 Å². The number of fused-ring (bicyclic) bond motifs is 1. The van der Waals surface area contributed by atoms with Gasteiger partial charge in [0.15, 0.2) is 5.76 Å². The highest BCUT2D eigenvalue weighted by atomic mass is 19.4. The van der Waals surface area contributed by atoms with Gasteiger partial charge in [-0.2, -0.15) is 13.2 Å². The maximum absolute atomic E-state index is 13.6. The highest BCUT2D eigenvalue weighted by molar-refractivity contribution is 6.07. The highest BCUT2D eigenvalue weighted by Gasteiger charge is 2.34. The average molecular weight is 443 g/mol. The van der Waals surface area contributed by atoms with Crippen LogP contribution in [0.5, 0.6) is 0 Å². The number of hydrogen-bond donors (Lipinski definition) is 2. The van der Waals surface area contributed by atoms with Gasteiger partial charge in [-0.25, -0.2) is 4.68 Å². The second-order valence-corrected chi connectivity index (χ2v) is 6.75. The van der Waals surface area contributed by atoms with Crippen molar-refractivity contribution in [3.05, 3.63) is 71.7 Å². The second-order valence-electron chi connectivity index (χ2n) is 6.75. The van der Waals surface area contributed by atoms with Gasteiger partial charge in [0.1, 0.15) is 5.52 Å². The fourth-order valence-corrected chi connectivity index (χ4v) is 3.11. The predicted octanol–water partition coefficient (Wildman–Crippen LogP) is 4.57. The quantitative estimate of drug-likeness (QED) is 0.471. The fraction of sp³-hybridized carbons (Fsp3) is 0.143. The van der Waals surface area contributed by atoms with Gasteiger partial charge in [-0.1, -0.05) is 5.21 Å². The zero-order chi connectivity index (χ0) is 22.9. The van der Waals surface area contributed by atoms with Gasteiger partial charge >= 0.3 is 6.18 Å². The normalized spacial score (nSPS) is 11.5. The highest BCUT2D eigenvalue weighted by Crippen LogP contribution is 2.37. The lowest BCUT2D eigenvalue weighted by atomic mass is 10.1. The van der Waals surface area contributed by atoms with Crippen LogP contribution in [0.1, 0.15) is 33.4 Å². The Kier molecular flexibility index (Phi) is 5.39. The summed E-state index contributed by atoms with van der Waals surface area (Å²) in [4.78, 5) is 24.7. The monoisotopic (exact) mass is 443 g/mol. The Morgan fingerprint density at radius 1 is 1.06 bits per heavy atom. The SMILES string of the molecule is CCn1nnc2cc(C(=O)Nc3ccc(NC(=O)c4ccco4)cc3C(F)(F)F)ccc21. The first-order valence-corrected chi connectivity index (χ1v) is 9.47. The fourth-order valence-electron chi connectivity index (χ4n) is 3.11. The van der Waals surface area contributed by atoms with Crippen LogP contribution in [0.25, 0.3) is 11.0 Å². The van der Waals surface area contributed by atoms with Crippen LogP contribution in [-0.2, 0) is 12.7 Å². The molecule has 4 rings (SSSR count). The summed E-state index contributed by atoms with van der Waals surface area (Å²) in [6.45, 7) is 2.47. The van der Waals surface area contributed by atoms with Crippen LogP contribution in [-0.4, -0.2) is 26.8 Å². The van der Waals surface area contributed by atoms with E-state index >= 15 is 0 Å². The van der Waals surface area contributed by atoms with E-state index in [1.807, 2.05) is 6.92 Å². The number of furan rings is 1. The number of amides is 2. The predicted molar refractivity (Wildman–Crippen MR) is 109 cm³/mol. The molecule has 0 aliphatic rings. The second kappa shape index (κ2) is 8.17. The minimum absolute atomic E-state index is 0.0497. The topological polar surface area (TPSA) is 102 Å². The zero-order valence-corrected chi connectivity index (χ0v) is 16.6. The molecule has 0 bridgehead atoms. The zero-order valence-electron chi connectivity index (χ0n) is 16.6. The first-order chi connectivity index (χ1) is 15.3. The third kappa shape index (κ3) is 4.17. The summed E-state index contributed by atoms with van der Waals surface area (Å²) in [7, 11) is 0. The molecule has 11 heteroatoms. The van der Waals surface area contributed by atoms with Crippen LogP contribution in [0.3, 0.4) is 0 Å². The van der Waals surface area contributed by atoms with E-state index in [0.717, 1.165) is 12.1 Å². The first-order valence-electron chi connectivity index (χ1n) is 9.47. The number of aromatic nitrogens is 3. The van der Waals surface area contributed by atoms with Crippen molar-refractivity contribution in [1.82, 2.24) is 15.0 Å². The Morgan fingerprint density at radius 3 is 2.56 bits per heavy atom. The Bertz CT molecular complexity index is 1300. The molecule has 2 amide bonds. The number of halogens is 3. The van der Waals surface area contributed by atoms with E-state index < -0.39 is 29.2 Å². The third-order valence-corrected chi connectivity index (χ3v) is 4.65. The summed E-state index contributed by atoms with van der Waals surface area (Å²) in [6, 6.07) is 10.5. The lowest BCUT2D eigenvalue weighted by Crippen LogP contribution is -2.18. The number of anilines is 2. The van der Waals surface area contributed by atoms with Crippen LogP contribution < -0.4 is 10.6 Å². The number of carbonyl (C=O) groups excluding carboxylic acids is 2. The number of aryl methyl sites for hydroxylation is 1. The summed E-state index contributed by atoms with van der Waals surface area (Å²) in [5.74, 6) is -1.49.